The van der Waals surface area contributed by atoms with Crippen molar-refractivity contribution in [3.05, 3.63) is 89.7 Å². The van der Waals surface area contributed by atoms with Gasteiger partial charge in [0.2, 0.25) is 0 Å². The monoisotopic (exact) mass is 415 g/mol. The molecule has 0 saturated carbocycles. The molecule has 1 heterocycles. The molecule has 3 rings (SSSR count). The Bertz CT molecular complexity index is 942. The predicted molar refractivity (Wildman–Crippen MR) is 109 cm³/mol. The van der Waals surface area contributed by atoms with Gasteiger partial charge in [-0.15, -0.1) is 0 Å². The maximum Gasteiger partial charge on any atom is 0.288 e. The average molecular weight is 415 g/mol. The molecule has 8 heteroatoms. The van der Waals surface area contributed by atoms with Crippen LogP contribution in [0.3, 0.4) is 0 Å². The molecule has 2 aromatic carbocycles. The Hall–Kier alpha value is -2.97. The lowest BCUT2D eigenvalue weighted by atomic mass is 10.1. The zero-order valence-corrected chi connectivity index (χ0v) is 16.2. The van der Waals surface area contributed by atoms with Crippen molar-refractivity contribution in [1.29, 1.82) is 0 Å². The van der Waals surface area contributed by atoms with Crippen LogP contribution in [0.25, 0.3) is 0 Å². The lowest BCUT2D eigenvalue weighted by Crippen LogP contribution is -2.24. The number of halogens is 2. The number of pyridine rings is 1. The number of alkyl halides is 2. The maximum atomic E-state index is 12.7. The number of hydrogen-bond donors (Lipinski definition) is 2. The van der Waals surface area contributed by atoms with Gasteiger partial charge in [0.1, 0.15) is 6.61 Å². The highest BCUT2D eigenvalue weighted by atomic mass is 32.2. The first-order chi connectivity index (χ1) is 14.1. The number of carbonyl (C=O) groups excluding carboxylic acids is 1. The van der Waals surface area contributed by atoms with Crippen LogP contribution in [0.5, 0.6) is 0 Å². The van der Waals surface area contributed by atoms with Gasteiger partial charge in [-0.05, 0) is 41.5 Å². The Labute approximate surface area is 171 Å². The first kappa shape index (κ1) is 20.8. The van der Waals surface area contributed by atoms with Crippen LogP contribution in [0.2, 0.25) is 0 Å². The summed E-state index contributed by atoms with van der Waals surface area (Å²) in [5, 5.41) is 3.22. The van der Waals surface area contributed by atoms with Crippen LogP contribution in [0.1, 0.15) is 21.5 Å². The third-order valence-electron chi connectivity index (χ3n) is 3.99. The molecule has 0 fully saturated rings. The Morgan fingerprint density at radius 2 is 1.76 bits per heavy atom. The van der Waals surface area contributed by atoms with Gasteiger partial charge in [-0.2, -0.15) is 8.78 Å². The van der Waals surface area contributed by atoms with E-state index in [2.05, 4.69) is 15.8 Å². The Morgan fingerprint density at radius 3 is 2.55 bits per heavy atom. The standard InChI is InChI=1S/C21H19F2N3O2S/c22-21(23)29-19-8-4-1-5-16(19)14-28-26-20(27)17-6-2-3-7-18(17)25-13-15-9-11-24-12-10-15/h1-12,21,25H,13-14H2,(H,26,27). The second-order valence-electron chi connectivity index (χ2n) is 5.96. The number of nitrogens with zero attached hydrogens (tertiary/aromatic N) is 1. The van der Waals surface area contributed by atoms with Crippen LogP contribution in [-0.2, 0) is 18.0 Å². The molecule has 3 aromatic rings. The van der Waals surface area contributed by atoms with E-state index in [1.54, 1.807) is 54.9 Å². The number of aromatic nitrogens is 1. The summed E-state index contributed by atoms with van der Waals surface area (Å²) in [6, 6.07) is 17.5. The first-order valence-corrected chi connectivity index (χ1v) is 9.68. The summed E-state index contributed by atoms with van der Waals surface area (Å²) < 4.78 is 25.3. The zero-order valence-electron chi connectivity index (χ0n) is 15.3. The Kier molecular flexibility index (Phi) is 7.54. The van der Waals surface area contributed by atoms with Gasteiger partial charge in [-0.1, -0.05) is 42.1 Å². The number of thioether (sulfide) groups is 1. The number of anilines is 1. The number of benzene rings is 2. The van der Waals surface area contributed by atoms with E-state index in [-0.39, 0.29) is 6.61 Å². The fraction of sp³-hybridized carbons (Fsp3) is 0.143. The molecule has 0 aliphatic heterocycles. The molecule has 0 aliphatic carbocycles. The second-order valence-corrected chi connectivity index (χ2v) is 6.99. The summed E-state index contributed by atoms with van der Waals surface area (Å²) in [5.41, 5.74) is 5.05. The summed E-state index contributed by atoms with van der Waals surface area (Å²) in [7, 11) is 0. The van der Waals surface area contributed by atoms with Gasteiger partial charge < -0.3 is 5.32 Å². The van der Waals surface area contributed by atoms with E-state index in [1.807, 2.05) is 18.2 Å². The molecule has 0 unspecified atom stereocenters. The van der Waals surface area contributed by atoms with Crippen LogP contribution in [-0.4, -0.2) is 16.6 Å². The normalized spacial score (nSPS) is 10.7. The van der Waals surface area contributed by atoms with Crippen molar-refractivity contribution in [2.24, 2.45) is 0 Å². The van der Waals surface area contributed by atoms with Crippen molar-refractivity contribution in [2.45, 2.75) is 23.8 Å². The summed E-state index contributed by atoms with van der Waals surface area (Å²) >= 11 is 0.447. The van der Waals surface area contributed by atoms with E-state index >= 15 is 0 Å². The minimum absolute atomic E-state index is 0.0196. The highest BCUT2D eigenvalue weighted by Crippen LogP contribution is 2.28. The van der Waals surface area contributed by atoms with Crippen LogP contribution in [0, 0.1) is 0 Å². The van der Waals surface area contributed by atoms with E-state index in [0.717, 1.165) is 5.56 Å². The number of para-hydroxylation sites is 1. The Morgan fingerprint density at radius 1 is 1.03 bits per heavy atom. The first-order valence-electron chi connectivity index (χ1n) is 8.80. The van der Waals surface area contributed by atoms with Gasteiger partial charge in [-0.3, -0.25) is 14.6 Å². The van der Waals surface area contributed by atoms with E-state index in [1.165, 1.54) is 0 Å². The van der Waals surface area contributed by atoms with Crippen molar-refractivity contribution in [2.75, 3.05) is 5.32 Å². The molecule has 1 amide bonds. The van der Waals surface area contributed by atoms with Gasteiger partial charge >= 0.3 is 0 Å². The van der Waals surface area contributed by atoms with Gasteiger partial charge in [0.15, 0.2) is 0 Å². The summed E-state index contributed by atoms with van der Waals surface area (Å²) in [5.74, 6) is -2.95. The summed E-state index contributed by atoms with van der Waals surface area (Å²) in [6.45, 7) is 0.514. The van der Waals surface area contributed by atoms with Crippen molar-refractivity contribution < 1.29 is 18.4 Å². The SMILES string of the molecule is O=C(NOCc1ccccc1SC(F)F)c1ccccc1NCc1ccncc1. The van der Waals surface area contributed by atoms with Crippen molar-refractivity contribution in [3.63, 3.8) is 0 Å². The van der Waals surface area contributed by atoms with Gasteiger partial charge in [0.25, 0.3) is 11.7 Å². The fourth-order valence-corrected chi connectivity index (χ4v) is 3.23. The fourth-order valence-electron chi connectivity index (χ4n) is 2.60. The predicted octanol–water partition coefficient (Wildman–Crippen LogP) is 4.87. The number of nitrogens with one attached hydrogen (secondary N) is 2. The molecule has 150 valence electrons. The van der Waals surface area contributed by atoms with Crippen LogP contribution in [0.15, 0.2) is 78.0 Å². The number of hydrogen-bond acceptors (Lipinski definition) is 5. The minimum Gasteiger partial charge on any atom is -0.380 e. The molecule has 2 N–H and O–H groups in total. The molecule has 0 saturated heterocycles. The van der Waals surface area contributed by atoms with Crippen LogP contribution in [0.4, 0.5) is 14.5 Å². The van der Waals surface area contributed by atoms with Crippen LogP contribution < -0.4 is 10.8 Å². The number of rotatable bonds is 9. The largest absolute Gasteiger partial charge is 0.380 e. The second kappa shape index (κ2) is 10.5. The van der Waals surface area contributed by atoms with Gasteiger partial charge in [0.05, 0.1) is 5.56 Å². The minimum atomic E-state index is -2.52. The number of amides is 1. The lowest BCUT2D eigenvalue weighted by molar-refractivity contribution is 0.0227. The van der Waals surface area contributed by atoms with E-state index in [9.17, 15) is 13.6 Å². The van der Waals surface area contributed by atoms with E-state index < -0.39 is 11.7 Å². The smallest absolute Gasteiger partial charge is 0.288 e. The van der Waals surface area contributed by atoms with E-state index in [4.69, 9.17) is 4.84 Å². The van der Waals surface area contributed by atoms with Crippen molar-refractivity contribution in [1.82, 2.24) is 10.5 Å². The number of carbonyl (C=O) groups is 1. The summed E-state index contributed by atoms with van der Waals surface area (Å²) in [4.78, 5) is 22.2. The third kappa shape index (κ3) is 6.27. The molecule has 0 spiro atoms. The van der Waals surface area contributed by atoms with Crippen molar-refractivity contribution in [3.8, 4) is 0 Å². The van der Waals surface area contributed by atoms with Gasteiger partial charge in [0, 0.05) is 29.5 Å². The zero-order chi connectivity index (χ0) is 20.5. The quantitative estimate of drug-likeness (QED) is 0.386. The van der Waals surface area contributed by atoms with Gasteiger partial charge in [-0.25, -0.2) is 5.48 Å². The highest BCUT2D eigenvalue weighted by molar-refractivity contribution is 7.99. The lowest BCUT2D eigenvalue weighted by Gasteiger charge is -2.13. The molecular formula is C21H19F2N3O2S. The number of hydroxylamine groups is 1. The molecule has 0 bridgehead atoms. The molecule has 0 atom stereocenters. The molecular weight excluding hydrogens is 396 g/mol. The molecule has 0 radical (unpaired) electrons. The maximum absolute atomic E-state index is 12.7. The van der Waals surface area contributed by atoms with Crippen LogP contribution >= 0.6 is 11.8 Å². The average Bonchev–Trinajstić information content (AvgIpc) is 2.74. The molecule has 1 aromatic heterocycles. The van der Waals surface area contributed by atoms with E-state index in [0.29, 0.717) is 40.0 Å². The summed E-state index contributed by atoms with van der Waals surface area (Å²) in [6.07, 6.45) is 3.40. The molecule has 29 heavy (non-hydrogen) atoms. The molecule has 0 aliphatic rings. The highest BCUT2D eigenvalue weighted by Gasteiger charge is 2.13. The third-order valence-corrected chi connectivity index (χ3v) is 4.82. The Balaban J connectivity index is 1.59. The molecule has 5 nitrogen and oxygen atoms in total. The topological polar surface area (TPSA) is 63.2 Å². The van der Waals surface area contributed by atoms with Crippen molar-refractivity contribution >= 4 is 23.4 Å².